The lowest BCUT2D eigenvalue weighted by molar-refractivity contribution is 0.214. The normalized spacial score (nSPS) is 23.7. The van der Waals surface area contributed by atoms with Gasteiger partial charge in [-0.05, 0) is 37.0 Å². The summed E-state index contributed by atoms with van der Waals surface area (Å²) >= 11 is 0. The molecular weight excluding hydrogens is 275 g/mol. The summed E-state index contributed by atoms with van der Waals surface area (Å²) in [5, 5.41) is 2.94. The molecule has 1 nitrogen and oxygen atoms in total. The van der Waals surface area contributed by atoms with Crippen LogP contribution in [0.15, 0.2) is 12.1 Å². The summed E-state index contributed by atoms with van der Waals surface area (Å²) in [5.74, 6) is -1.97. The molecule has 0 saturated heterocycles. The second kappa shape index (κ2) is 6.29. The summed E-state index contributed by atoms with van der Waals surface area (Å²) in [7, 11) is 0. The summed E-state index contributed by atoms with van der Waals surface area (Å²) in [4.78, 5) is 0. The molecule has 2 unspecified atom stereocenters. The molecule has 0 aliphatic heterocycles. The van der Waals surface area contributed by atoms with Crippen molar-refractivity contribution in [2.24, 2.45) is 11.3 Å². The van der Waals surface area contributed by atoms with E-state index >= 15 is 0 Å². The Hall–Kier alpha value is -1.19. The predicted molar refractivity (Wildman–Crippen MR) is 79.8 cm³/mol. The first-order valence-corrected chi connectivity index (χ1v) is 7.68. The standard InChI is InChI=1S/C17H24F3N/c1-17(2,3)11-5-4-6-13(8-7-11)21-16-14(19)9-12(18)10-15(16)20/h9-11,13,21H,4-8H2,1-3H3. The third-order valence-corrected chi connectivity index (χ3v) is 4.55. The molecule has 1 aliphatic rings. The lowest BCUT2D eigenvalue weighted by Crippen LogP contribution is -2.22. The molecule has 1 N–H and O–H groups in total. The zero-order chi connectivity index (χ0) is 15.6. The van der Waals surface area contributed by atoms with Gasteiger partial charge >= 0.3 is 0 Å². The number of halogens is 3. The Bertz CT molecular complexity index is 470. The van der Waals surface area contributed by atoms with Crippen LogP contribution in [-0.2, 0) is 0 Å². The summed E-state index contributed by atoms with van der Waals surface area (Å²) in [5.41, 5.74) is 0.0666. The van der Waals surface area contributed by atoms with Gasteiger partial charge in [0.2, 0.25) is 0 Å². The molecule has 1 fully saturated rings. The Morgan fingerprint density at radius 2 is 1.57 bits per heavy atom. The maximum absolute atomic E-state index is 13.7. The van der Waals surface area contributed by atoms with Crippen LogP contribution in [0, 0.1) is 28.8 Å². The largest absolute Gasteiger partial charge is 0.378 e. The van der Waals surface area contributed by atoms with Gasteiger partial charge in [0.15, 0.2) is 11.6 Å². The van der Waals surface area contributed by atoms with Crippen molar-refractivity contribution in [3.05, 3.63) is 29.6 Å². The highest BCUT2D eigenvalue weighted by Crippen LogP contribution is 2.37. The molecule has 0 aromatic heterocycles. The van der Waals surface area contributed by atoms with Gasteiger partial charge in [-0.25, -0.2) is 13.2 Å². The lowest BCUT2D eigenvalue weighted by atomic mass is 9.76. The van der Waals surface area contributed by atoms with Crippen molar-refractivity contribution in [2.75, 3.05) is 5.32 Å². The average molecular weight is 299 g/mol. The quantitative estimate of drug-likeness (QED) is 0.710. The fourth-order valence-corrected chi connectivity index (χ4v) is 3.20. The molecule has 4 heteroatoms. The van der Waals surface area contributed by atoms with Crippen LogP contribution >= 0.6 is 0 Å². The van der Waals surface area contributed by atoms with Gasteiger partial charge in [-0.2, -0.15) is 0 Å². The third kappa shape index (κ3) is 4.14. The zero-order valence-corrected chi connectivity index (χ0v) is 13.0. The highest BCUT2D eigenvalue weighted by atomic mass is 19.1. The number of nitrogens with one attached hydrogen (secondary N) is 1. The number of anilines is 1. The topological polar surface area (TPSA) is 12.0 Å². The summed E-state index contributed by atoms with van der Waals surface area (Å²) in [6.07, 6.45) is 5.02. The van der Waals surface area contributed by atoms with E-state index < -0.39 is 17.5 Å². The van der Waals surface area contributed by atoms with E-state index in [0.717, 1.165) is 44.2 Å². The van der Waals surface area contributed by atoms with Gasteiger partial charge in [-0.15, -0.1) is 0 Å². The molecule has 118 valence electrons. The summed E-state index contributed by atoms with van der Waals surface area (Å²) in [6, 6.07) is 1.49. The van der Waals surface area contributed by atoms with Crippen molar-refractivity contribution in [1.82, 2.24) is 0 Å². The first kappa shape index (κ1) is 16.2. The van der Waals surface area contributed by atoms with Crippen molar-refractivity contribution in [2.45, 2.75) is 58.9 Å². The Morgan fingerprint density at radius 1 is 0.952 bits per heavy atom. The third-order valence-electron chi connectivity index (χ3n) is 4.55. The van der Waals surface area contributed by atoms with Crippen molar-refractivity contribution in [1.29, 1.82) is 0 Å². The Labute approximate surface area is 124 Å². The van der Waals surface area contributed by atoms with Crippen LogP contribution in [0.2, 0.25) is 0 Å². The summed E-state index contributed by atoms with van der Waals surface area (Å²) in [6.45, 7) is 6.72. The van der Waals surface area contributed by atoms with Gasteiger partial charge in [0.05, 0.1) is 0 Å². The summed E-state index contributed by atoms with van der Waals surface area (Å²) < 4.78 is 40.3. The van der Waals surface area contributed by atoms with Gasteiger partial charge in [0, 0.05) is 18.2 Å². The molecule has 1 aromatic carbocycles. The predicted octanol–water partition coefficient (Wildman–Crippen LogP) is 5.51. The average Bonchev–Trinajstić information content (AvgIpc) is 2.58. The molecular formula is C17H24F3N. The molecule has 1 aliphatic carbocycles. The van der Waals surface area contributed by atoms with Crippen LogP contribution in [0.1, 0.15) is 52.9 Å². The number of hydrogen-bond acceptors (Lipinski definition) is 1. The van der Waals surface area contributed by atoms with E-state index in [9.17, 15) is 13.2 Å². The Morgan fingerprint density at radius 3 is 2.14 bits per heavy atom. The van der Waals surface area contributed by atoms with E-state index in [-0.39, 0.29) is 17.1 Å². The fourth-order valence-electron chi connectivity index (χ4n) is 3.20. The van der Waals surface area contributed by atoms with Crippen LogP contribution < -0.4 is 5.32 Å². The maximum atomic E-state index is 13.7. The SMILES string of the molecule is CC(C)(C)C1CCCC(Nc2c(F)cc(F)cc2F)CC1. The minimum atomic E-state index is -0.885. The van der Waals surface area contributed by atoms with Crippen molar-refractivity contribution in [3.8, 4) is 0 Å². The van der Waals surface area contributed by atoms with E-state index in [1.54, 1.807) is 0 Å². The second-order valence-electron chi connectivity index (χ2n) is 7.16. The Balaban J connectivity index is 2.05. The van der Waals surface area contributed by atoms with Crippen molar-refractivity contribution in [3.63, 3.8) is 0 Å². The molecule has 21 heavy (non-hydrogen) atoms. The molecule has 0 radical (unpaired) electrons. The number of benzene rings is 1. The first-order chi connectivity index (χ1) is 9.77. The second-order valence-corrected chi connectivity index (χ2v) is 7.16. The highest BCUT2D eigenvalue weighted by molar-refractivity contribution is 5.47. The molecule has 2 rings (SSSR count). The minimum Gasteiger partial charge on any atom is -0.378 e. The lowest BCUT2D eigenvalue weighted by Gasteiger charge is -2.29. The number of hydrogen-bond donors (Lipinski definition) is 1. The van der Waals surface area contributed by atoms with Gasteiger partial charge in [0.1, 0.15) is 11.5 Å². The van der Waals surface area contributed by atoms with Gasteiger partial charge in [0.25, 0.3) is 0 Å². The molecule has 2 atom stereocenters. The van der Waals surface area contributed by atoms with Crippen molar-refractivity contribution < 1.29 is 13.2 Å². The van der Waals surface area contributed by atoms with Crippen LogP contribution in [-0.4, -0.2) is 6.04 Å². The van der Waals surface area contributed by atoms with E-state index in [1.807, 2.05) is 0 Å². The van der Waals surface area contributed by atoms with Gasteiger partial charge < -0.3 is 5.32 Å². The van der Waals surface area contributed by atoms with E-state index in [1.165, 1.54) is 0 Å². The molecule has 0 heterocycles. The fraction of sp³-hybridized carbons (Fsp3) is 0.647. The van der Waals surface area contributed by atoms with E-state index in [2.05, 4.69) is 26.1 Å². The molecule has 0 bridgehead atoms. The van der Waals surface area contributed by atoms with E-state index in [0.29, 0.717) is 5.92 Å². The first-order valence-electron chi connectivity index (χ1n) is 7.68. The molecule has 1 saturated carbocycles. The molecule has 1 aromatic rings. The molecule has 0 spiro atoms. The maximum Gasteiger partial charge on any atom is 0.152 e. The highest BCUT2D eigenvalue weighted by Gasteiger charge is 2.28. The smallest absolute Gasteiger partial charge is 0.152 e. The van der Waals surface area contributed by atoms with E-state index in [4.69, 9.17) is 0 Å². The zero-order valence-electron chi connectivity index (χ0n) is 13.0. The Kier molecular flexibility index (Phi) is 4.84. The van der Waals surface area contributed by atoms with Gasteiger partial charge in [-0.1, -0.05) is 27.2 Å². The van der Waals surface area contributed by atoms with Crippen LogP contribution in [0.4, 0.5) is 18.9 Å². The van der Waals surface area contributed by atoms with Crippen LogP contribution in [0.3, 0.4) is 0 Å². The number of rotatable bonds is 2. The van der Waals surface area contributed by atoms with Crippen LogP contribution in [0.5, 0.6) is 0 Å². The van der Waals surface area contributed by atoms with Crippen molar-refractivity contribution >= 4 is 5.69 Å². The molecule has 0 amide bonds. The van der Waals surface area contributed by atoms with Crippen LogP contribution in [0.25, 0.3) is 0 Å². The minimum absolute atomic E-state index is 0.0480. The monoisotopic (exact) mass is 299 g/mol. The van der Waals surface area contributed by atoms with Gasteiger partial charge in [-0.3, -0.25) is 0 Å².